The fourth-order valence-electron chi connectivity index (χ4n) is 1.51. The second kappa shape index (κ2) is 5.04. The molecule has 1 fully saturated rings. The van der Waals surface area contributed by atoms with E-state index in [1.165, 1.54) is 24.2 Å². The topological polar surface area (TPSA) is 51.2 Å². The van der Waals surface area contributed by atoms with E-state index in [2.05, 4.69) is 10.3 Å². The SMILES string of the molecule is Cc1nc(C(=O)OC(C)C)c(NCC2CC2)s1. The van der Waals surface area contributed by atoms with Crippen molar-refractivity contribution < 1.29 is 9.53 Å². The molecule has 0 aromatic carbocycles. The standard InChI is InChI=1S/C12H18N2O2S/c1-7(2)16-12(15)10-11(17-8(3)14-10)13-6-9-4-5-9/h7,9,13H,4-6H2,1-3H3. The van der Waals surface area contributed by atoms with Crippen molar-refractivity contribution in [2.24, 2.45) is 5.92 Å². The average Bonchev–Trinajstić information content (AvgIpc) is 2.98. The number of nitrogens with zero attached hydrogens (tertiary/aromatic N) is 1. The van der Waals surface area contributed by atoms with Crippen LogP contribution in [0.1, 0.15) is 42.2 Å². The summed E-state index contributed by atoms with van der Waals surface area (Å²) in [6.07, 6.45) is 2.47. The minimum atomic E-state index is -0.331. The first-order valence-corrected chi connectivity index (χ1v) is 6.80. The summed E-state index contributed by atoms with van der Waals surface area (Å²) < 4.78 is 5.18. The lowest BCUT2D eigenvalue weighted by Gasteiger charge is -2.08. The van der Waals surface area contributed by atoms with Gasteiger partial charge >= 0.3 is 5.97 Å². The Balaban J connectivity index is 2.05. The van der Waals surface area contributed by atoms with Crippen molar-refractivity contribution in [2.75, 3.05) is 11.9 Å². The number of aromatic nitrogens is 1. The van der Waals surface area contributed by atoms with Crippen LogP contribution < -0.4 is 5.32 Å². The van der Waals surface area contributed by atoms with Gasteiger partial charge in [-0.3, -0.25) is 0 Å². The van der Waals surface area contributed by atoms with Crippen molar-refractivity contribution in [3.63, 3.8) is 0 Å². The molecule has 1 saturated carbocycles. The van der Waals surface area contributed by atoms with E-state index in [1.807, 2.05) is 20.8 Å². The van der Waals surface area contributed by atoms with E-state index in [9.17, 15) is 4.79 Å². The third-order valence-electron chi connectivity index (χ3n) is 2.52. The zero-order valence-corrected chi connectivity index (χ0v) is 11.3. The number of aryl methyl sites for hydroxylation is 1. The highest BCUT2D eigenvalue weighted by Crippen LogP contribution is 2.31. The van der Waals surface area contributed by atoms with Crippen molar-refractivity contribution in [1.29, 1.82) is 0 Å². The molecule has 0 spiro atoms. The summed E-state index contributed by atoms with van der Waals surface area (Å²) >= 11 is 1.52. The largest absolute Gasteiger partial charge is 0.458 e. The number of anilines is 1. The highest BCUT2D eigenvalue weighted by molar-refractivity contribution is 7.16. The van der Waals surface area contributed by atoms with E-state index in [0.717, 1.165) is 22.5 Å². The molecule has 1 aromatic heterocycles. The average molecular weight is 254 g/mol. The molecule has 4 nitrogen and oxygen atoms in total. The van der Waals surface area contributed by atoms with E-state index >= 15 is 0 Å². The van der Waals surface area contributed by atoms with E-state index in [-0.39, 0.29) is 12.1 Å². The predicted molar refractivity (Wildman–Crippen MR) is 68.6 cm³/mol. The van der Waals surface area contributed by atoms with Crippen LogP contribution in [0.3, 0.4) is 0 Å². The third-order valence-corrected chi connectivity index (χ3v) is 3.45. The summed E-state index contributed by atoms with van der Waals surface area (Å²) in [5, 5.41) is 5.04. The Hall–Kier alpha value is -1.10. The molecular formula is C12H18N2O2S. The highest BCUT2D eigenvalue weighted by atomic mass is 32.1. The molecule has 17 heavy (non-hydrogen) atoms. The number of carbonyl (C=O) groups is 1. The Bertz CT molecular complexity index is 411. The first kappa shape index (κ1) is 12.4. The van der Waals surface area contributed by atoms with Crippen molar-refractivity contribution in [1.82, 2.24) is 4.98 Å². The van der Waals surface area contributed by atoms with Gasteiger partial charge in [-0.25, -0.2) is 9.78 Å². The first-order valence-electron chi connectivity index (χ1n) is 5.98. The van der Waals surface area contributed by atoms with Gasteiger partial charge in [0.05, 0.1) is 11.1 Å². The molecule has 0 atom stereocenters. The Labute approximate surface area is 105 Å². The van der Waals surface area contributed by atoms with Crippen LogP contribution in [0, 0.1) is 12.8 Å². The van der Waals surface area contributed by atoms with Gasteiger partial charge in [0.1, 0.15) is 5.00 Å². The van der Waals surface area contributed by atoms with Gasteiger partial charge in [-0.1, -0.05) is 0 Å². The summed E-state index contributed by atoms with van der Waals surface area (Å²) in [4.78, 5) is 16.1. The summed E-state index contributed by atoms with van der Waals surface area (Å²) in [5.74, 6) is 0.439. The van der Waals surface area contributed by atoms with Crippen LogP contribution in [0.5, 0.6) is 0 Å². The lowest BCUT2D eigenvalue weighted by Crippen LogP contribution is -2.14. The predicted octanol–water partition coefficient (Wildman–Crippen LogP) is 2.84. The van der Waals surface area contributed by atoms with Crippen LogP contribution in [0.25, 0.3) is 0 Å². The number of ether oxygens (including phenoxy) is 1. The Morgan fingerprint density at radius 1 is 1.59 bits per heavy atom. The Morgan fingerprint density at radius 2 is 2.29 bits per heavy atom. The van der Waals surface area contributed by atoms with Gasteiger partial charge in [0.15, 0.2) is 5.69 Å². The van der Waals surface area contributed by atoms with Crippen LogP contribution in [-0.2, 0) is 4.74 Å². The van der Waals surface area contributed by atoms with E-state index in [1.54, 1.807) is 0 Å². The number of nitrogens with one attached hydrogen (secondary N) is 1. The highest BCUT2D eigenvalue weighted by Gasteiger charge is 2.24. The van der Waals surface area contributed by atoms with Crippen molar-refractivity contribution in [3.05, 3.63) is 10.7 Å². The quantitative estimate of drug-likeness (QED) is 0.821. The maximum Gasteiger partial charge on any atom is 0.360 e. The maximum atomic E-state index is 11.8. The molecule has 1 aliphatic rings. The molecular weight excluding hydrogens is 236 g/mol. The Morgan fingerprint density at radius 3 is 2.88 bits per heavy atom. The molecule has 0 saturated heterocycles. The lowest BCUT2D eigenvalue weighted by atomic mass is 10.4. The zero-order chi connectivity index (χ0) is 12.4. The molecule has 0 aliphatic heterocycles. The number of hydrogen-bond acceptors (Lipinski definition) is 5. The van der Waals surface area contributed by atoms with Gasteiger partial charge < -0.3 is 10.1 Å². The van der Waals surface area contributed by atoms with Crippen LogP contribution >= 0.6 is 11.3 Å². The second-order valence-electron chi connectivity index (χ2n) is 4.69. The van der Waals surface area contributed by atoms with E-state index < -0.39 is 0 Å². The smallest absolute Gasteiger partial charge is 0.360 e. The van der Waals surface area contributed by atoms with Gasteiger partial charge in [0, 0.05) is 6.54 Å². The summed E-state index contributed by atoms with van der Waals surface area (Å²) in [5.41, 5.74) is 0.432. The minimum Gasteiger partial charge on any atom is -0.458 e. The normalized spacial score (nSPS) is 15.1. The van der Waals surface area contributed by atoms with Gasteiger partial charge in [0.25, 0.3) is 0 Å². The van der Waals surface area contributed by atoms with Crippen molar-refractivity contribution >= 4 is 22.3 Å². The molecule has 1 aromatic rings. The molecule has 0 unspecified atom stereocenters. The fraction of sp³-hybridized carbons (Fsp3) is 0.667. The van der Waals surface area contributed by atoms with Gasteiger partial charge in [0.2, 0.25) is 0 Å². The van der Waals surface area contributed by atoms with E-state index in [0.29, 0.717) is 5.69 Å². The molecule has 0 radical (unpaired) electrons. The van der Waals surface area contributed by atoms with Gasteiger partial charge in [-0.2, -0.15) is 0 Å². The third kappa shape index (κ3) is 3.43. The monoisotopic (exact) mass is 254 g/mol. The van der Waals surface area contributed by atoms with Crippen molar-refractivity contribution in [3.8, 4) is 0 Å². The number of esters is 1. The van der Waals surface area contributed by atoms with Crippen LogP contribution in [0.15, 0.2) is 0 Å². The molecule has 0 bridgehead atoms. The molecule has 1 N–H and O–H groups in total. The van der Waals surface area contributed by atoms with Crippen LogP contribution in [0.4, 0.5) is 5.00 Å². The van der Waals surface area contributed by atoms with Gasteiger partial charge in [-0.05, 0) is 39.5 Å². The number of carbonyl (C=O) groups excluding carboxylic acids is 1. The molecule has 1 aliphatic carbocycles. The van der Waals surface area contributed by atoms with Gasteiger partial charge in [-0.15, -0.1) is 11.3 Å². The molecule has 0 amide bonds. The summed E-state index contributed by atoms with van der Waals surface area (Å²) in [6.45, 7) is 6.52. The summed E-state index contributed by atoms with van der Waals surface area (Å²) in [6, 6.07) is 0. The van der Waals surface area contributed by atoms with Crippen LogP contribution in [0.2, 0.25) is 0 Å². The number of rotatable bonds is 5. The van der Waals surface area contributed by atoms with E-state index in [4.69, 9.17) is 4.74 Å². The number of thiazole rings is 1. The Kier molecular flexibility index (Phi) is 3.66. The maximum absolute atomic E-state index is 11.8. The molecule has 2 rings (SSSR count). The molecule has 5 heteroatoms. The van der Waals surface area contributed by atoms with Crippen LogP contribution in [-0.4, -0.2) is 23.6 Å². The fourth-order valence-corrected chi connectivity index (χ4v) is 2.33. The summed E-state index contributed by atoms with van der Waals surface area (Å²) in [7, 11) is 0. The molecule has 94 valence electrons. The lowest BCUT2D eigenvalue weighted by molar-refractivity contribution is 0.0373. The minimum absolute atomic E-state index is 0.110. The van der Waals surface area contributed by atoms with Crippen molar-refractivity contribution in [2.45, 2.75) is 39.7 Å². The molecule has 1 heterocycles. The second-order valence-corrected chi connectivity index (χ2v) is 5.89. The first-order chi connectivity index (χ1) is 8.06. The zero-order valence-electron chi connectivity index (χ0n) is 10.4. The number of hydrogen-bond donors (Lipinski definition) is 1.